The van der Waals surface area contributed by atoms with E-state index in [1.54, 1.807) is 0 Å². The number of carbonyl (C=O) groups is 2. The number of nitrogens with one attached hydrogen (secondary N) is 1. The van der Waals surface area contributed by atoms with Gasteiger partial charge in [-0.25, -0.2) is 4.90 Å². The minimum Gasteiger partial charge on any atom is -0.357 e. The molecule has 2 aliphatic rings. The third-order valence-electron chi connectivity index (χ3n) is 7.48. The summed E-state index contributed by atoms with van der Waals surface area (Å²) in [5.74, 6) is -0.568. The molecule has 0 radical (unpaired) electrons. The molecule has 2 amide bonds. The molecule has 4 aromatic rings. The van der Waals surface area contributed by atoms with Gasteiger partial charge in [-0.1, -0.05) is 48.5 Å². The Morgan fingerprint density at radius 2 is 1.64 bits per heavy atom. The van der Waals surface area contributed by atoms with Crippen LogP contribution in [-0.2, 0) is 9.59 Å². The smallest absolute Gasteiger partial charge is 0.269 e. The van der Waals surface area contributed by atoms with Gasteiger partial charge in [0.1, 0.15) is 0 Å². The van der Waals surface area contributed by atoms with Crippen LogP contribution >= 0.6 is 0 Å². The number of anilines is 1. The van der Waals surface area contributed by atoms with Crippen LogP contribution in [-0.4, -0.2) is 39.2 Å². The lowest BCUT2D eigenvalue weighted by atomic mass is 9.83. The number of amides is 2. The molecule has 180 valence electrons. The molecule has 8 heteroatoms. The Morgan fingerprint density at radius 3 is 2.36 bits per heavy atom. The van der Waals surface area contributed by atoms with Crippen molar-refractivity contribution in [3.05, 3.63) is 106 Å². The van der Waals surface area contributed by atoms with Crippen molar-refractivity contribution < 1.29 is 14.5 Å². The first kappa shape index (κ1) is 22.2. The fraction of sp³-hybridized carbons (Fsp3) is 0.214. The van der Waals surface area contributed by atoms with Gasteiger partial charge in [0.15, 0.2) is 0 Å². The van der Waals surface area contributed by atoms with Gasteiger partial charge in [0, 0.05) is 47.2 Å². The highest BCUT2D eigenvalue weighted by Gasteiger charge is 2.47. The Morgan fingerprint density at radius 1 is 0.944 bits per heavy atom. The van der Waals surface area contributed by atoms with E-state index in [0.717, 1.165) is 16.8 Å². The number of H-pyrrole nitrogens is 1. The summed E-state index contributed by atoms with van der Waals surface area (Å²) in [5, 5.41) is 12.2. The third kappa shape index (κ3) is 3.41. The Bertz CT molecular complexity index is 1500. The fourth-order valence-corrected chi connectivity index (χ4v) is 5.74. The van der Waals surface area contributed by atoms with Crippen LogP contribution in [0.4, 0.5) is 11.4 Å². The summed E-state index contributed by atoms with van der Waals surface area (Å²) >= 11 is 0. The maximum absolute atomic E-state index is 13.6. The normalized spacial score (nSPS) is 22.2. The van der Waals surface area contributed by atoms with E-state index in [9.17, 15) is 19.7 Å². The summed E-state index contributed by atoms with van der Waals surface area (Å²) in [6.45, 7) is 2.67. The van der Waals surface area contributed by atoms with Crippen molar-refractivity contribution in [1.82, 2.24) is 9.88 Å². The van der Waals surface area contributed by atoms with Crippen LogP contribution in [0.15, 0.2) is 78.9 Å². The number of nitrogens with zero attached hydrogens (tertiary/aromatic N) is 3. The van der Waals surface area contributed by atoms with Gasteiger partial charge in [-0.05, 0) is 36.2 Å². The van der Waals surface area contributed by atoms with Crippen molar-refractivity contribution in [3.8, 4) is 0 Å². The molecule has 1 fully saturated rings. The quantitative estimate of drug-likeness (QED) is 0.254. The van der Waals surface area contributed by atoms with Crippen molar-refractivity contribution >= 4 is 34.1 Å². The molecule has 3 unspecified atom stereocenters. The second kappa shape index (κ2) is 8.42. The number of rotatable bonds is 4. The topological polar surface area (TPSA) is 99.6 Å². The highest BCUT2D eigenvalue weighted by molar-refractivity contribution is 6.22. The molecule has 0 aliphatic carbocycles. The summed E-state index contributed by atoms with van der Waals surface area (Å²) in [6, 6.07) is 23.3. The number of aromatic amines is 1. The molecular weight excluding hydrogens is 456 g/mol. The lowest BCUT2D eigenvalue weighted by Crippen LogP contribution is -2.47. The van der Waals surface area contributed by atoms with Crippen molar-refractivity contribution in [1.29, 1.82) is 0 Å². The number of hydrogen-bond donors (Lipinski definition) is 1. The average Bonchev–Trinajstić information content (AvgIpc) is 3.42. The van der Waals surface area contributed by atoms with Crippen LogP contribution in [0.3, 0.4) is 0 Å². The summed E-state index contributed by atoms with van der Waals surface area (Å²) in [4.78, 5) is 44.1. The average molecular weight is 481 g/mol. The first-order valence-corrected chi connectivity index (χ1v) is 12.0. The Labute approximate surface area is 207 Å². The lowest BCUT2D eigenvalue weighted by molar-refractivity contribution is -0.384. The maximum Gasteiger partial charge on any atom is 0.269 e. The first-order valence-electron chi connectivity index (χ1n) is 12.0. The predicted molar refractivity (Wildman–Crippen MR) is 136 cm³/mol. The van der Waals surface area contributed by atoms with Gasteiger partial charge in [0.25, 0.3) is 11.6 Å². The van der Waals surface area contributed by atoms with Crippen molar-refractivity contribution in [3.63, 3.8) is 0 Å². The minimum atomic E-state index is -0.617. The number of hydrogen-bond acceptors (Lipinski definition) is 5. The van der Waals surface area contributed by atoms with E-state index in [0.29, 0.717) is 12.2 Å². The van der Waals surface area contributed by atoms with Crippen molar-refractivity contribution in [2.75, 3.05) is 11.4 Å². The van der Waals surface area contributed by atoms with Gasteiger partial charge in [-0.15, -0.1) is 0 Å². The molecular formula is C28H24N4O4. The Hall–Kier alpha value is -4.30. The van der Waals surface area contributed by atoms with E-state index < -0.39 is 11.0 Å². The lowest BCUT2D eigenvalue weighted by Gasteiger charge is -2.40. The fourth-order valence-electron chi connectivity index (χ4n) is 5.74. The van der Waals surface area contributed by atoms with Crippen molar-refractivity contribution in [2.45, 2.75) is 31.3 Å². The van der Waals surface area contributed by atoms with E-state index in [1.165, 1.54) is 40.1 Å². The number of non-ortho nitro benzene ring substituents is 1. The number of fused-ring (bicyclic) bond motifs is 3. The summed E-state index contributed by atoms with van der Waals surface area (Å²) in [6.07, 6.45) is 0.0667. The SMILES string of the molecule is CC1c2[nH]c3ccccc3c2C(c2ccccc2)CN1C1CC(=O)N(c2ccc([N+](=O)[O-])cc2)C1=O. The highest BCUT2D eigenvalue weighted by atomic mass is 16.6. The second-order valence-corrected chi connectivity index (χ2v) is 9.39. The van der Waals surface area contributed by atoms with Gasteiger partial charge < -0.3 is 4.98 Å². The number of para-hydroxylation sites is 1. The zero-order valence-electron chi connectivity index (χ0n) is 19.6. The standard InChI is InChI=1S/C28H24N4O4/c1-17-27-26(21-9-5-6-10-23(21)29-27)22(18-7-3-2-4-8-18)16-30(17)24-15-25(33)31(28(24)34)19-11-13-20(14-12-19)32(35)36/h2-14,17,22,24,29H,15-16H2,1H3. The number of nitro benzene ring substituents is 1. The minimum absolute atomic E-state index is 0.0323. The summed E-state index contributed by atoms with van der Waals surface area (Å²) in [7, 11) is 0. The zero-order chi connectivity index (χ0) is 25.0. The summed E-state index contributed by atoms with van der Waals surface area (Å²) < 4.78 is 0. The molecule has 8 nitrogen and oxygen atoms in total. The molecule has 1 saturated heterocycles. The molecule has 3 atom stereocenters. The number of nitro groups is 1. The van der Waals surface area contributed by atoms with Crippen LogP contribution in [0.1, 0.15) is 42.1 Å². The Balaban J connectivity index is 1.39. The first-order chi connectivity index (χ1) is 17.4. The van der Waals surface area contributed by atoms with E-state index in [1.807, 2.05) is 30.3 Å². The Kier molecular flexibility index (Phi) is 5.19. The van der Waals surface area contributed by atoms with Crippen LogP contribution in [0, 0.1) is 10.1 Å². The molecule has 2 aliphatic heterocycles. The van der Waals surface area contributed by atoms with E-state index >= 15 is 0 Å². The molecule has 0 saturated carbocycles. The largest absolute Gasteiger partial charge is 0.357 e. The monoisotopic (exact) mass is 480 g/mol. The molecule has 6 rings (SSSR count). The van der Waals surface area contributed by atoms with Gasteiger partial charge >= 0.3 is 0 Å². The van der Waals surface area contributed by atoms with Gasteiger partial charge in [0.05, 0.1) is 23.1 Å². The van der Waals surface area contributed by atoms with Crippen LogP contribution < -0.4 is 4.90 Å². The zero-order valence-corrected chi connectivity index (χ0v) is 19.6. The molecule has 0 spiro atoms. The molecule has 1 N–H and O–H groups in total. The molecule has 3 aromatic carbocycles. The van der Waals surface area contributed by atoms with Gasteiger partial charge in [-0.3, -0.25) is 24.6 Å². The summed E-state index contributed by atoms with van der Waals surface area (Å²) in [5.41, 5.74) is 4.78. The van der Waals surface area contributed by atoms with Crippen LogP contribution in [0.25, 0.3) is 10.9 Å². The van der Waals surface area contributed by atoms with Crippen LogP contribution in [0.5, 0.6) is 0 Å². The highest BCUT2D eigenvalue weighted by Crippen LogP contribution is 2.45. The number of aromatic nitrogens is 1. The number of imide groups is 1. The molecule has 36 heavy (non-hydrogen) atoms. The van der Waals surface area contributed by atoms with Gasteiger partial charge in [-0.2, -0.15) is 0 Å². The van der Waals surface area contributed by atoms with Gasteiger partial charge in [0.2, 0.25) is 5.91 Å². The van der Waals surface area contributed by atoms with Crippen molar-refractivity contribution in [2.24, 2.45) is 0 Å². The molecule has 0 bridgehead atoms. The molecule has 3 heterocycles. The van der Waals surface area contributed by atoms with Crippen LogP contribution in [0.2, 0.25) is 0 Å². The second-order valence-electron chi connectivity index (χ2n) is 9.39. The van der Waals surface area contributed by atoms with E-state index in [-0.39, 0.29) is 35.9 Å². The predicted octanol–water partition coefficient (Wildman–Crippen LogP) is 4.92. The number of carbonyl (C=O) groups excluding carboxylic acids is 2. The third-order valence-corrected chi connectivity index (χ3v) is 7.48. The van der Waals surface area contributed by atoms with E-state index in [2.05, 4.69) is 41.1 Å². The maximum atomic E-state index is 13.6. The number of benzene rings is 3. The van der Waals surface area contributed by atoms with E-state index in [4.69, 9.17) is 0 Å². The molecule has 1 aromatic heterocycles.